The topological polar surface area (TPSA) is 74.0 Å². The summed E-state index contributed by atoms with van der Waals surface area (Å²) in [6.45, 7) is 3.11. The summed E-state index contributed by atoms with van der Waals surface area (Å²) in [4.78, 5) is 14.6. The van der Waals surface area contributed by atoms with E-state index in [1.54, 1.807) is 4.68 Å². The molecule has 118 valence electrons. The predicted molar refractivity (Wildman–Crippen MR) is 81.6 cm³/mol. The van der Waals surface area contributed by atoms with Gasteiger partial charge in [0.25, 0.3) is 0 Å². The lowest BCUT2D eigenvalue weighted by atomic mass is 9.98. The Labute approximate surface area is 131 Å². The number of hydrogen-bond acceptors (Lipinski definition) is 4. The molecule has 0 spiro atoms. The van der Waals surface area contributed by atoms with Crippen LogP contribution in [0.4, 0.5) is 0 Å². The van der Waals surface area contributed by atoms with E-state index in [4.69, 9.17) is 0 Å². The molecule has 1 aliphatic carbocycles. The fourth-order valence-corrected chi connectivity index (χ4v) is 3.40. The molecule has 1 amide bonds. The molecule has 2 atom stereocenters. The average molecular weight is 301 g/mol. The van der Waals surface area contributed by atoms with Crippen LogP contribution in [0.3, 0.4) is 0 Å². The second-order valence-corrected chi connectivity index (χ2v) is 6.71. The van der Waals surface area contributed by atoms with Crippen LogP contribution in [-0.2, 0) is 11.8 Å². The summed E-state index contributed by atoms with van der Waals surface area (Å²) in [5.41, 5.74) is 0.457. The minimum absolute atomic E-state index is 0.0493. The molecule has 22 heavy (non-hydrogen) atoms. The standard InChI is InChI=1S/C16H23N5O/c1-16(11-17,13-5-6-13)19-15(22)10-21-7-3-4-14(21)12-8-18-20(2)9-12/h8-9,13-14H,3-7,10H2,1-2H3,(H,19,22)/t14-,16+/m0/s1. The second-order valence-electron chi connectivity index (χ2n) is 6.71. The van der Waals surface area contributed by atoms with Crippen LogP contribution in [0.25, 0.3) is 0 Å². The number of nitrogens with one attached hydrogen (secondary N) is 1. The van der Waals surface area contributed by atoms with Crippen LogP contribution in [0.2, 0.25) is 0 Å². The molecule has 2 aliphatic rings. The van der Waals surface area contributed by atoms with E-state index in [2.05, 4.69) is 21.4 Å². The normalized spacial score (nSPS) is 24.7. The highest BCUT2D eigenvalue weighted by Crippen LogP contribution is 2.39. The van der Waals surface area contributed by atoms with E-state index < -0.39 is 5.54 Å². The molecule has 1 aromatic heterocycles. The number of carbonyl (C=O) groups excluding carboxylic acids is 1. The Balaban J connectivity index is 1.62. The van der Waals surface area contributed by atoms with Gasteiger partial charge in [-0.3, -0.25) is 14.4 Å². The number of amides is 1. The molecule has 0 aromatic carbocycles. The molecule has 0 unspecified atom stereocenters. The first-order valence-electron chi connectivity index (χ1n) is 7.96. The average Bonchev–Trinajstić information content (AvgIpc) is 3.12. The van der Waals surface area contributed by atoms with Crippen molar-refractivity contribution in [2.45, 2.75) is 44.2 Å². The summed E-state index contributed by atoms with van der Waals surface area (Å²) in [6.07, 6.45) is 8.11. The van der Waals surface area contributed by atoms with Crippen molar-refractivity contribution < 1.29 is 4.79 Å². The summed E-state index contributed by atoms with van der Waals surface area (Å²) >= 11 is 0. The number of carbonyl (C=O) groups is 1. The van der Waals surface area contributed by atoms with E-state index in [9.17, 15) is 10.1 Å². The van der Waals surface area contributed by atoms with Gasteiger partial charge in [0, 0.05) is 24.8 Å². The summed E-state index contributed by atoms with van der Waals surface area (Å²) in [5.74, 6) is 0.265. The molecule has 1 aromatic rings. The smallest absolute Gasteiger partial charge is 0.235 e. The fourth-order valence-electron chi connectivity index (χ4n) is 3.40. The molecule has 1 N–H and O–H groups in total. The minimum atomic E-state index is -0.708. The van der Waals surface area contributed by atoms with Gasteiger partial charge >= 0.3 is 0 Å². The Morgan fingerprint density at radius 1 is 1.55 bits per heavy atom. The first-order valence-corrected chi connectivity index (χ1v) is 7.96. The Hall–Kier alpha value is -1.87. The van der Waals surface area contributed by atoms with Gasteiger partial charge in [-0.25, -0.2) is 0 Å². The number of rotatable bonds is 5. The molecule has 1 saturated carbocycles. The zero-order valence-corrected chi connectivity index (χ0v) is 13.2. The third kappa shape index (κ3) is 3.00. The van der Waals surface area contributed by atoms with Gasteiger partial charge in [-0.2, -0.15) is 10.4 Å². The van der Waals surface area contributed by atoms with Crippen molar-refractivity contribution in [3.05, 3.63) is 18.0 Å². The van der Waals surface area contributed by atoms with Crippen molar-refractivity contribution in [3.8, 4) is 6.07 Å². The highest BCUT2D eigenvalue weighted by atomic mass is 16.2. The molecular weight excluding hydrogens is 278 g/mol. The van der Waals surface area contributed by atoms with Gasteiger partial charge in [0.2, 0.25) is 5.91 Å². The van der Waals surface area contributed by atoms with Crippen LogP contribution in [0.15, 0.2) is 12.4 Å². The van der Waals surface area contributed by atoms with Gasteiger partial charge in [-0.05, 0) is 45.1 Å². The van der Waals surface area contributed by atoms with Crippen LogP contribution < -0.4 is 5.32 Å². The molecule has 0 bridgehead atoms. The lowest BCUT2D eigenvalue weighted by Crippen LogP contribution is -2.50. The molecule has 6 heteroatoms. The molecule has 2 heterocycles. The second kappa shape index (κ2) is 5.73. The minimum Gasteiger partial charge on any atom is -0.337 e. The van der Waals surface area contributed by atoms with Crippen LogP contribution in [0.5, 0.6) is 0 Å². The monoisotopic (exact) mass is 301 g/mol. The van der Waals surface area contributed by atoms with Crippen LogP contribution >= 0.6 is 0 Å². The van der Waals surface area contributed by atoms with Crippen molar-refractivity contribution in [3.63, 3.8) is 0 Å². The van der Waals surface area contributed by atoms with E-state index in [0.717, 1.165) is 37.8 Å². The Morgan fingerprint density at radius 3 is 2.91 bits per heavy atom. The summed E-state index contributed by atoms with van der Waals surface area (Å²) in [5, 5.41) is 16.5. The van der Waals surface area contributed by atoms with Gasteiger partial charge in [0.1, 0.15) is 5.54 Å². The number of likely N-dealkylation sites (tertiary alicyclic amines) is 1. The maximum Gasteiger partial charge on any atom is 0.235 e. The number of hydrogen-bond donors (Lipinski definition) is 1. The van der Waals surface area contributed by atoms with Gasteiger partial charge < -0.3 is 5.32 Å². The van der Waals surface area contributed by atoms with Crippen molar-refractivity contribution in [2.75, 3.05) is 13.1 Å². The maximum absolute atomic E-state index is 12.4. The molecule has 2 fully saturated rings. The van der Waals surface area contributed by atoms with Crippen LogP contribution in [0, 0.1) is 17.2 Å². The molecular formula is C16H23N5O. The Kier molecular flexibility index (Phi) is 3.92. The Morgan fingerprint density at radius 2 is 2.32 bits per heavy atom. The fraction of sp³-hybridized carbons (Fsp3) is 0.688. The predicted octanol–water partition coefficient (Wildman–Crippen LogP) is 1.37. The largest absolute Gasteiger partial charge is 0.337 e. The zero-order chi connectivity index (χ0) is 15.7. The molecule has 1 saturated heterocycles. The van der Waals surface area contributed by atoms with Gasteiger partial charge in [0.05, 0.1) is 18.8 Å². The van der Waals surface area contributed by atoms with Crippen molar-refractivity contribution >= 4 is 5.91 Å². The first kappa shape index (κ1) is 15.0. The number of aryl methyl sites for hydroxylation is 1. The van der Waals surface area contributed by atoms with Crippen LogP contribution in [0.1, 0.15) is 44.2 Å². The molecule has 0 radical (unpaired) electrons. The van der Waals surface area contributed by atoms with E-state index in [1.165, 1.54) is 0 Å². The van der Waals surface area contributed by atoms with E-state index in [-0.39, 0.29) is 11.9 Å². The summed E-state index contributed by atoms with van der Waals surface area (Å²) in [6, 6.07) is 2.54. The van der Waals surface area contributed by atoms with Crippen molar-refractivity contribution in [2.24, 2.45) is 13.0 Å². The molecule has 1 aliphatic heterocycles. The highest BCUT2D eigenvalue weighted by molar-refractivity contribution is 5.79. The summed E-state index contributed by atoms with van der Waals surface area (Å²) in [7, 11) is 1.91. The number of nitriles is 1. The van der Waals surface area contributed by atoms with E-state index in [1.807, 2.05) is 26.4 Å². The van der Waals surface area contributed by atoms with E-state index >= 15 is 0 Å². The van der Waals surface area contributed by atoms with E-state index in [0.29, 0.717) is 12.5 Å². The highest BCUT2D eigenvalue weighted by Gasteiger charge is 2.43. The lowest BCUT2D eigenvalue weighted by Gasteiger charge is -2.27. The Bertz CT molecular complexity index is 600. The molecule has 6 nitrogen and oxygen atoms in total. The van der Waals surface area contributed by atoms with Crippen molar-refractivity contribution in [1.29, 1.82) is 5.26 Å². The third-order valence-corrected chi connectivity index (χ3v) is 4.85. The van der Waals surface area contributed by atoms with Gasteiger partial charge in [-0.15, -0.1) is 0 Å². The number of nitrogens with zero attached hydrogens (tertiary/aromatic N) is 4. The number of aromatic nitrogens is 2. The first-order chi connectivity index (χ1) is 10.5. The van der Waals surface area contributed by atoms with Crippen molar-refractivity contribution in [1.82, 2.24) is 20.0 Å². The van der Waals surface area contributed by atoms with Gasteiger partial charge in [-0.1, -0.05) is 0 Å². The lowest BCUT2D eigenvalue weighted by molar-refractivity contribution is -0.123. The summed E-state index contributed by atoms with van der Waals surface area (Å²) < 4.78 is 1.80. The molecule has 3 rings (SSSR count). The quantitative estimate of drug-likeness (QED) is 0.891. The van der Waals surface area contributed by atoms with Crippen LogP contribution in [-0.4, -0.2) is 39.2 Å². The maximum atomic E-state index is 12.4. The zero-order valence-electron chi connectivity index (χ0n) is 13.2. The third-order valence-electron chi connectivity index (χ3n) is 4.85. The SMILES string of the molecule is Cn1cc([C@@H]2CCCN2CC(=O)N[C@](C)(C#N)C2CC2)cn1. The van der Waals surface area contributed by atoms with Gasteiger partial charge in [0.15, 0.2) is 0 Å².